The maximum Gasteiger partial charge on any atom is 0.308 e. The van der Waals surface area contributed by atoms with Crippen LogP contribution in [-0.2, 0) is 23.9 Å². The Labute approximate surface area is 104 Å². The third-order valence-corrected chi connectivity index (χ3v) is 3.75. The van der Waals surface area contributed by atoms with E-state index in [0.717, 1.165) is 0 Å². The van der Waals surface area contributed by atoms with Gasteiger partial charge in [-0.15, -0.1) is 0 Å². The molecular formula is C12H13NO5. The molecule has 0 radical (unpaired) electrons. The van der Waals surface area contributed by atoms with Crippen LogP contribution in [0.4, 0.5) is 0 Å². The van der Waals surface area contributed by atoms with E-state index in [9.17, 15) is 14.4 Å². The lowest BCUT2D eigenvalue weighted by Crippen LogP contribution is -2.45. The SMILES string of the molecule is CC(=O)OC1=C[C@]23O[C@@H](C[C@H]2CN(C)C3=O)C1=O. The quantitative estimate of drug-likeness (QED) is 0.595. The van der Waals surface area contributed by atoms with Gasteiger partial charge in [-0.25, -0.2) is 0 Å². The zero-order valence-electron chi connectivity index (χ0n) is 10.1. The van der Waals surface area contributed by atoms with Crippen molar-refractivity contribution in [3.05, 3.63) is 11.8 Å². The second-order valence-corrected chi connectivity index (χ2v) is 4.98. The van der Waals surface area contributed by atoms with Gasteiger partial charge in [0, 0.05) is 32.5 Å². The molecule has 2 bridgehead atoms. The van der Waals surface area contributed by atoms with Crippen LogP contribution in [0.2, 0.25) is 0 Å². The molecule has 0 aromatic heterocycles. The van der Waals surface area contributed by atoms with E-state index in [-0.39, 0.29) is 23.4 Å². The number of likely N-dealkylation sites (N-methyl/N-ethyl adjacent to an activating group) is 1. The molecular weight excluding hydrogens is 238 g/mol. The molecule has 3 aliphatic heterocycles. The Morgan fingerprint density at radius 2 is 2.28 bits per heavy atom. The van der Waals surface area contributed by atoms with E-state index < -0.39 is 17.7 Å². The van der Waals surface area contributed by atoms with Crippen LogP contribution >= 0.6 is 0 Å². The van der Waals surface area contributed by atoms with Gasteiger partial charge in [0.15, 0.2) is 11.4 Å². The number of hydrogen-bond acceptors (Lipinski definition) is 5. The topological polar surface area (TPSA) is 72.9 Å². The Kier molecular flexibility index (Phi) is 2.16. The molecule has 0 aromatic carbocycles. The maximum absolute atomic E-state index is 12.2. The first kappa shape index (κ1) is 11.4. The Balaban J connectivity index is 2.04. The lowest BCUT2D eigenvalue weighted by atomic mass is 9.90. The molecule has 2 fully saturated rings. The Morgan fingerprint density at radius 3 is 2.94 bits per heavy atom. The van der Waals surface area contributed by atoms with Crippen LogP contribution in [-0.4, -0.2) is 47.9 Å². The number of carbonyl (C=O) groups excluding carboxylic acids is 3. The highest BCUT2D eigenvalue weighted by Gasteiger charge is 2.63. The van der Waals surface area contributed by atoms with Gasteiger partial charge in [0.1, 0.15) is 6.10 Å². The van der Waals surface area contributed by atoms with Gasteiger partial charge in [0.25, 0.3) is 5.91 Å². The third-order valence-electron chi connectivity index (χ3n) is 3.75. The molecule has 6 heteroatoms. The van der Waals surface area contributed by atoms with Gasteiger partial charge < -0.3 is 14.4 Å². The van der Waals surface area contributed by atoms with Crippen molar-refractivity contribution in [3.63, 3.8) is 0 Å². The molecule has 0 aliphatic carbocycles. The summed E-state index contributed by atoms with van der Waals surface area (Å²) in [5, 5.41) is 0. The standard InChI is InChI=1S/C12H13NO5/c1-6(14)17-9-4-12-7(5-13(2)11(12)16)3-8(18-12)10(9)15/h4,7-8H,3,5H2,1-2H3/t7-,8-,12-/m0/s1. The minimum Gasteiger partial charge on any atom is -0.423 e. The molecule has 3 atom stereocenters. The number of nitrogens with zero attached hydrogens (tertiary/aromatic N) is 1. The Bertz CT molecular complexity index is 497. The molecule has 18 heavy (non-hydrogen) atoms. The van der Waals surface area contributed by atoms with Crippen LogP contribution in [0.1, 0.15) is 13.3 Å². The number of likely N-dealkylation sites (tertiary alicyclic amines) is 1. The van der Waals surface area contributed by atoms with Gasteiger partial charge >= 0.3 is 5.97 Å². The fourth-order valence-corrected chi connectivity index (χ4v) is 2.99. The number of amides is 1. The number of hydrogen-bond donors (Lipinski definition) is 0. The maximum atomic E-state index is 12.2. The predicted molar refractivity (Wildman–Crippen MR) is 58.2 cm³/mol. The highest BCUT2D eigenvalue weighted by Crippen LogP contribution is 2.47. The van der Waals surface area contributed by atoms with Crippen molar-refractivity contribution in [2.24, 2.45) is 5.92 Å². The number of ketones is 1. The molecule has 0 unspecified atom stereocenters. The van der Waals surface area contributed by atoms with Gasteiger partial charge in [-0.2, -0.15) is 0 Å². The number of Topliss-reactive ketones (excluding diaryl/α,β-unsaturated/α-hetero) is 1. The van der Waals surface area contributed by atoms with Crippen molar-refractivity contribution in [2.75, 3.05) is 13.6 Å². The van der Waals surface area contributed by atoms with E-state index in [4.69, 9.17) is 9.47 Å². The largest absolute Gasteiger partial charge is 0.423 e. The van der Waals surface area contributed by atoms with E-state index >= 15 is 0 Å². The predicted octanol–water partition coefficient (Wildman–Crippen LogP) is -0.368. The van der Waals surface area contributed by atoms with Crippen LogP contribution in [0, 0.1) is 5.92 Å². The normalized spacial score (nSPS) is 37.7. The number of esters is 1. The third kappa shape index (κ3) is 1.29. The Hall–Kier alpha value is -1.69. The first-order chi connectivity index (χ1) is 8.44. The molecule has 1 spiro atoms. The Morgan fingerprint density at radius 1 is 1.56 bits per heavy atom. The summed E-state index contributed by atoms with van der Waals surface area (Å²) in [5.74, 6) is -1.18. The number of rotatable bonds is 1. The van der Waals surface area contributed by atoms with Gasteiger partial charge in [-0.3, -0.25) is 14.4 Å². The highest BCUT2D eigenvalue weighted by atomic mass is 16.6. The summed E-state index contributed by atoms with van der Waals surface area (Å²) in [6.45, 7) is 1.79. The van der Waals surface area contributed by atoms with E-state index in [2.05, 4.69) is 0 Å². The summed E-state index contributed by atoms with van der Waals surface area (Å²) in [6, 6.07) is 0. The highest BCUT2D eigenvalue weighted by molar-refractivity contribution is 6.04. The van der Waals surface area contributed by atoms with Crippen molar-refractivity contribution >= 4 is 17.7 Å². The summed E-state index contributed by atoms with van der Waals surface area (Å²) >= 11 is 0. The second kappa shape index (κ2) is 3.41. The minimum absolute atomic E-state index is 0.0444. The molecule has 3 rings (SSSR count). The zero-order valence-corrected chi connectivity index (χ0v) is 10.1. The van der Waals surface area contributed by atoms with Crippen molar-refractivity contribution in [1.82, 2.24) is 4.90 Å². The molecule has 3 heterocycles. The van der Waals surface area contributed by atoms with Crippen molar-refractivity contribution < 1.29 is 23.9 Å². The van der Waals surface area contributed by atoms with Gasteiger partial charge in [-0.1, -0.05) is 0 Å². The fourth-order valence-electron chi connectivity index (χ4n) is 2.99. The molecule has 0 aromatic rings. The monoisotopic (exact) mass is 251 g/mol. The molecule has 0 N–H and O–H groups in total. The molecule has 1 amide bonds. The fraction of sp³-hybridized carbons (Fsp3) is 0.583. The molecule has 96 valence electrons. The summed E-state index contributed by atoms with van der Waals surface area (Å²) in [5.41, 5.74) is -1.10. The van der Waals surface area contributed by atoms with Crippen LogP contribution in [0.3, 0.4) is 0 Å². The van der Waals surface area contributed by atoms with Crippen LogP contribution < -0.4 is 0 Å². The molecule has 6 nitrogen and oxygen atoms in total. The van der Waals surface area contributed by atoms with E-state index in [1.54, 1.807) is 11.9 Å². The van der Waals surface area contributed by atoms with Crippen LogP contribution in [0.5, 0.6) is 0 Å². The second-order valence-electron chi connectivity index (χ2n) is 4.98. The van der Waals surface area contributed by atoms with E-state index in [0.29, 0.717) is 13.0 Å². The van der Waals surface area contributed by atoms with Crippen LogP contribution in [0.15, 0.2) is 11.8 Å². The van der Waals surface area contributed by atoms with E-state index in [1.807, 2.05) is 0 Å². The zero-order chi connectivity index (χ0) is 13.1. The minimum atomic E-state index is -1.10. The lowest BCUT2D eigenvalue weighted by Gasteiger charge is -2.28. The molecule has 3 aliphatic rings. The number of ether oxygens (including phenoxy) is 2. The van der Waals surface area contributed by atoms with Crippen molar-refractivity contribution in [1.29, 1.82) is 0 Å². The van der Waals surface area contributed by atoms with Crippen molar-refractivity contribution in [2.45, 2.75) is 25.0 Å². The first-order valence-electron chi connectivity index (χ1n) is 5.83. The number of carbonyl (C=O) groups is 3. The van der Waals surface area contributed by atoms with Gasteiger partial charge in [-0.05, 0) is 6.42 Å². The van der Waals surface area contributed by atoms with Crippen LogP contribution in [0.25, 0.3) is 0 Å². The molecule has 0 saturated carbocycles. The summed E-state index contributed by atoms with van der Waals surface area (Å²) in [7, 11) is 1.70. The van der Waals surface area contributed by atoms with Gasteiger partial charge in [0.05, 0.1) is 0 Å². The molecule has 2 saturated heterocycles. The summed E-state index contributed by atoms with van der Waals surface area (Å²) in [6.07, 6.45) is 1.22. The summed E-state index contributed by atoms with van der Waals surface area (Å²) in [4.78, 5) is 36.7. The number of fused-ring (bicyclic) bond motifs is 1. The average molecular weight is 251 g/mol. The average Bonchev–Trinajstić information content (AvgIpc) is 2.70. The summed E-state index contributed by atoms with van der Waals surface area (Å²) < 4.78 is 10.5. The smallest absolute Gasteiger partial charge is 0.308 e. The lowest BCUT2D eigenvalue weighted by molar-refractivity contribution is -0.155. The van der Waals surface area contributed by atoms with Crippen molar-refractivity contribution in [3.8, 4) is 0 Å². The van der Waals surface area contributed by atoms with Gasteiger partial charge in [0.2, 0.25) is 5.78 Å². The first-order valence-corrected chi connectivity index (χ1v) is 5.83. The van der Waals surface area contributed by atoms with E-state index in [1.165, 1.54) is 13.0 Å².